The van der Waals surface area contributed by atoms with Crippen molar-refractivity contribution in [2.75, 3.05) is 31.1 Å². The van der Waals surface area contributed by atoms with Gasteiger partial charge >= 0.3 is 6.03 Å². The van der Waals surface area contributed by atoms with Crippen molar-refractivity contribution in [1.29, 1.82) is 0 Å². The minimum atomic E-state index is -0.0114. The maximum Gasteiger partial charge on any atom is 0.317 e. The van der Waals surface area contributed by atoms with Crippen LogP contribution in [0.1, 0.15) is 22.4 Å². The number of hydrogen-bond acceptors (Lipinski definition) is 3. The molecule has 1 aromatic heterocycles. The van der Waals surface area contributed by atoms with Crippen molar-refractivity contribution >= 4 is 11.7 Å². The van der Waals surface area contributed by atoms with E-state index in [1.165, 1.54) is 22.4 Å². The number of aromatic nitrogens is 1. The van der Waals surface area contributed by atoms with Crippen LogP contribution in [0, 0.1) is 20.8 Å². The van der Waals surface area contributed by atoms with Gasteiger partial charge in [0.05, 0.1) is 12.2 Å². The molecule has 0 saturated carbocycles. The number of carbonyl (C=O) groups is 1. The molecule has 2 aromatic rings. The summed E-state index contributed by atoms with van der Waals surface area (Å²) in [6, 6.07) is 10.2. The molecule has 1 aliphatic rings. The van der Waals surface area contributed by atoms with E-state index in [1.807, 2.05) is 23.1 Å². The van der Waals surface area contributed by atoms with Crippen molar-refractivity contribution < 1.29 is 4.79 Å². The average Bonchev–Trinajstić information content (AvgIpc) is 2.60. The van der Waals surface area contributed by atoms with Crippen LogP contribution in [-0.2, 0) is 6.54 Å². The molecule has 1 aliphatic heterocycles. The highest BCUT2D eigenvalue weighted by atomic mass is 16.2. The molecule has 1 N–H and O–H groups in total. The first-order valence-electron chi connectivity index (χ1n) is 8.80. The number of piperazine rings is 1. The van der Waals surface area contributed by atoms with Crippen molar-refractivity contribution in [3.8, 4) is 0 Å². The van der Waals surface area contributed by atoms with Gasteiger partial charge in [-0.2, -0.15) is 0 Å². The van der Waals surface area contributed by atoms with Crippen molar-refractivity contribution in [2.24, 2.45) is 0 Å². The zero-order valence-electron chi connectivity index (χ0n) is 15.2. The fraction of sp³-hybridized carbons (Fsp3) is 0.400. The van der Waals surface area contributed by atoms with Crippen molar-refractivity contribution in [3.63, 3.8) is 0 Å². The van der Waals surface area contributed by atoms with Crippen LogP contribution in [0.4, 0.5) is 10.5 Å². The summed E-state index contributed by atoms with van der Waals surface area (Å²) in [6.07, 6.45) is 1.74. The van der Waals surface area contributed by atoms with E-state index >= 15 is 0 Å². The molecule has 25 heavy (non-hydrogen) atoms. The Morgan fingerprint density at radius 3 is 2.36 bits per heavy atom. The highest BCUT2D eigenvalue weighted by Crippen LogP contribution is 2.27. The predicted octanol–water partition coefficient (Wildman–Crippen LogP) is 3.04. The molecule has 1 fully saturated rings. The Morgan fingerprint density at radius 1 is 1.08 bits per heavy atom. The number of aryl methyl sites for hydroxylation is 3. The average molecular weight is 338 g/mol. The molecule has 1 saturated heterocycles. The van der Waals surface area contributed by atoms with Crippen LogP contribution in [0.2, 0.25) is 0 Å². The molecule has 0 atom stereocenters. The largest absolute Gasteiger partial charge is 0.368 e. The predicted molar refractivity (Wildman–Crippen MR) is 101 cm³/mol. The van der Waals surface area contributed by atoms with Crippen LogP contribution < -0.4 is 10.2 Å². The number of pyridine rings is 1. The van der Waals surface area contributed by atoms with Crippen LogP contribution in [0.5, 0.6) is 0 Å². The molecule has 2 amide bonds. The van der Waals surface area contributed by atoms with Crippen LogP contribution >= 0.6 is 0 Å². The van der Waals surface area contributed by atoms with Gasteiger partial charge in [0.15, 0.2) is 0 Å². The normalized spacial score (nSPS) is 14.5. The molecule has 5 heteroatoms. The van der Waals surface area contributed by atoms with Gasteiger partial charge in [0.1, 0.15) is 0 Å². The molecule has 0 bridgehead atoms. The van der Waals surface area contributed by atoms with Gasteiger partial charge in [0.25, 0.3) is 0 Å². The van der Waals surface area contributed by atoms with Crippen molar-refractivity contribution in [2.45, 2.75) is 27.3 Å². The molecule has 0 radical (unpaired) electrons. The second-order valence-electron chi connectivity index (χ2n) is 6.70. The van der Waals surface area contributed by atoms with E-state index in [1.54, 1.807) is 6.20 Å². The first kappa shape index (κ1) is 17.3. The van der Waals surface area contributed by atoms with E-state index in [0.717, 1.165) is 31.9 Å². The highest BCUT2D eigenvalue weighted by Gasteiger charge is 2.23. The topological polar surface area (TPSA) is 48.5 Å². The summed E-state index contributed by atoms with van der Waals surface area (Å²) in [4.78, 5) is 20.9. The summed E-state index contributed by atoms with van der Waals surface area (Å²) >= 11 is 0. The molecule has 3 rings (SSSR count). The zero-order valence-corrected chi connectivity index (χ0v) is 15.2. The van der Waals surface area contributed by atoms with Crippen LogP contribution in [-0.4, -0.2) is 42.1 Å². The zero-order chi connectivity index (χ0) is 17.8. The number of hydrogen-bond donors (Lipinski definition) is 1. The van der Waals surface area contributed by atoms with E-state index < -0.39 is 0 Å². The number of benzene rings is 1. The number of rotatable bonds is 3. The monoisotopic (exact) mass is 338 g/mol. The van der Waals surface area contributed by atoms with Crippen LogP contribution in [0.25, 0.3) is 0 Å². The molecule has 2 heterocycles. The third-order valence-electron chi connectivity index (χ3n) is 4.67. The summed E-state index contributed by atoms with van der Waals surface area (Å²) in [5, 5.41) is 2.96. The second kappa shape index (κ2) is 7.55. The molecule has 132 valence electrons. The van der Waals surface area contributed by atoms with Gasteiger partial charge in [0, 0.05) is 38.1 Å². The van der Waals surface area contributed by atoms with E-state index in [0.29, 0.717) is 6.54 Å². The fourth-order valence-electron chi connectivity index (χ4n) is 3.59. The van der Waals surface area contributed by atoms with Gasteiger partial charge in [-0.15, -0.1) is 0 Å². The number of anilines is 1. The maximum absolute atomic E-state index is 12.4. The summed E-state index contributed by atoms with van der Waals surface area (Å²) in [6.45, 7) is 10.1. The van der Waals surface area contributed by atoms with E-state index in [4.69, 9.17) is 0 Å². The number of nitrogens with zero attached hydrogens (tertiary/aromatic N) is 3. The Morgan fingerprint density at radius 2 is 1.76 bits per heavy atom. The van der Waals surface area contributed by atoms with E-state index in [2.05, 4.69) is 48.1 Å². The molecule has 0 aliphatic carbocycles. The number of amides is 2. The van der Waals surface area contributed by atoms with Gasteiger partial charge in [-0.25, -0.2) is 4.79 Å². The third-order valence-corrected chi connectivity index (χ3v) is 4.67. The SMILES string of the molecule is Cc1cc(C)c(N2CCN(C(=O)NCc3ccccn3)CC2)c(C)c1. The quantitative estimate of drug-likeness (QED) is 0.936. The number of urea groups is 1. The van der Waals surface area contributed by atoms with Crippen molar-refractivity contribution in [3.05, 3.63) is 58.9 Å². The Bertz CT molecular complexity index is 714. The lowest BCUT2D eigenvalue weighted by molar-refractivity contribution is 0.194. The maximum atomic E-state index is 12.4. The van der Waals surface area contributed by atoms with Crippen LogP contribution in [0.15, 0.2) is 36.5 Å². The fourth-order valence-corrected chi connectivity index (χ4v) is 3.59. The molecule has 0 spiro atoms. The molecule has 1 aromatic carbocycles. The number of carbonyl (C=O) groups excluding carboxylic acids is 1. The van der Waals surface area contributed by atoms with Crippen LogP contribution in [0.3, 0.4) is 0 Å². The van der Waals surface area contributed by atoms with Gasteiger partial charge < -0.3 is 15.1 Å². The molecular formula is C20H26N4O. The summed E-state index contributed by atoms with van der Waals surface area (Å²) < 4.78 is 0. The van der Waals surface area contributed by atoms with E-state index in [9.17, 15) is 4.79 Å². The van der Waals surface area contributed by atoms with E-state index in [-0.39, 0.29) is 6.03 Å². The minimum Gasteiger partial charge on any atom is -0.368 e. The van der Waals surface area contributed by atoms with Gasteiger partial charge in [-0.1, -0.05) is 23.8 Å². The van der Waals surface area contributed by atoms with Gasteiger partial charge in [-0.3, -0.25) is 4.98 Å². The lowest BCUT2D eigenvalue weighted by atomic mass is 10.0. The van der Waals surface area contributed by atoms with Crippen molar-refractivity contribution in [1.82, 2.24) is 15.2 Å². The molecule has 5 nitrogen and oxygen atoms in total. The molecule has 0 unspecified atom stereocenters. The lowest BCUT2D eigenvalue weighted by Crippen LogP contribution is -2.52. The molecular weight excluding hydrogens is 312 g/mol. The Labute approximate surface area is 149 Å². The summed E-state index contributed by atoms with van der Waals surface area (Å²) in [5.41, 5.74) is 6.11. The lowest BCUT2D eigenvalue weighted by Gasteiger charge is -2.37. The summed E-state index contributed by atoms with van der Waals surface area (Å²) in [7, 11) is 0. The summed E-state index contributed by atoms with van der Waals surface area (Å²) in [5.74, 6) is 0. The Hall–Kier alpha value is -2.56. The van der Waals surface area contributed by atoms with Gasteiger partial charge in [-0.05, 0) is 44.0 Å². The standard InChI is InChI=1S/C20H26N4O/c1-15-12-16(2)19(17(3)13-15)23-8-10-24(11-9-23)20(25)22-14-18-6-4-5-7-21-18/h4-7,12-13H,8-11,14H2,1-3H3,(H,22,25). The Balaban J connectivity index is 1.56. The smallest absolute Gasteiger partial charge is 0.317 e. The number of nitrogens with one attached hydrogen (secondary N) is 1. The third kappa shape index (κ3) is 4.10. The first-order chi connectivity index (χ1) is 12.0. The highest BCUT2D eigenvalue weighted by molar-refractivity contribution is 5.74. The second-order valence-corrected chi connectivity index (χ2v) is 6.70. The first-order valence-corrected chi connectivity index (χ1v) is 8.80. The minimum absolute atomic E-state index is 0.0114. The Kier molecular flexibility index (Phi) is 5.22. The van der Waals surface area contributed by atoms with Gasteiger partial charge in [0.2, 0.25) is 0 Å².